The Kier molecular flexibility index (Phi) is 7.99. The lowest BCUT2D eigenvalue weighted by molar-refractivity contribution is -0.139. The van der Waals surface area contributed by atoms with Crippen molar-refractivity contribution in [2.24, 2.45) is 5.14 Å². The van der Waals surface area contributed by atoms with E-state index in [1.165, 1.54) is 30.3 Å². The molecule has 15 heteroatoms. The normalized spacial score (nSPS) is 17.8. The molecule has 1 saturated heterocycles. The van der Waals surface area contributed by atoms with Gasteiger partial charge in [-0.3, -0.25) is 9.59 Å². The lowest BCUT2D eigenvalue weighted by atomic mass is 10.1. The molecule has 2 aliphatic rings. The number of amides is 2. The van der Waals surface area contributed by atoms with Gasteiger partial charge in [0.05, 0.1) is 22.9 Å². The fourth-order valence-electron chi connectivity index (χ4n) is 3.77. The minimum absolute atomic E-state index is 0.00610. The van der Waals surface area contributed by atoms with E-state index in [2.05, 4.69) is 10.6 Å². The Morgan fingerprint density at radius 3 is 2.24 bits per heavy atom. The van der Waals surface area contributed by atoms with E-state index in [0.29, 0.717) is 31.1 Å². The van der Waals surface area contributed by atoms with E-state index in [0.717, 1.165) is 9.87 Å². The molecule has 0 bridgehead atoms. The van der Waals surface area contributed by atoms with Gasteiger partial charge in [-0.25, -0.2) is 22.0 Å². The van der Waals surface area contributed by atoms with Gasteiger partial charge in [-0.1, -0.05) is 12.1 Å². The van der Waals surface area contributed by atoms with Gasteiger partial charge in [0, 0.05) is 19.2 Å². The molecule has 4 rings (SSSR count). The van der Waals surface area contributed by atoms with Gasteiger partial charge in [0.15, 0.2) is 11.5 Å². The zero-order chi connectivity index (χ0) is 26.6. The quantitative estimate of drug-likeness (QED) is 0.342. The highest BCUT2D eigenvalue weighted by molar-refractivity contribution is 7.89. The van der Waals surface area contributed by atoms with Gasteiger partial charge < -0.3 is 24.8 Å². The van der Waals surface area contributed by atoms with Crippen LogP contribution in [0.5, 0.6) is 11.5 Å². The highest BCUT2D eigenvalue weighted by Crippen LogP contribution is 2.34. The van der Waals surface area contributed by atoms with Crippen LogP contribution in [0, 0.1) is 0 Å². The second-order valence-corrected chi connectivity index (χ2v) is 11.6. The third-order valence-electron chi connectivity index (χ3n) is 5.66. The second kappa shape index (κ2) is 11.0. The summed E-state index contributed by atoms with van der Waals surface area (Å²) in [5.41, 5.74) is 0.729. The van der Waals surface area contributed by atoms with Crippen LogP contribution in [0.3, 0.4) is 0 Å². The summed E-state index contributed by atoms with van der Waals surface area (Å²) in [5.74, 6) is -1.07. The summed E-state index contributed by atoms with van der Waals surface area (Å²) in [6, 6.07) is 10.1. The van der Waals surface area contributed by atoms with Crippen LogP contribution in [0.15, 0.2) is 52.3 Å². The van der Waals surface area contributed by atoms with Gasteiger partial charge in [0.1, 0.15) is 19.4 Å². The number of hydrogen-bond acceptors (Lipinski definition) is 9. The number of primary sulfonamides is 1. The van der Waals surface area contributed by atoms with Crippen molar-refractivity contribution in [3.63, 3.8) is 0 Å². The Morgan fingerprint density at radius 2 is 1.54 bits per heavy atom. The first-order chi connectivity index (χ1) is 17.6. The van der Waals surface area contributed by atoms with Crippen molar-refractivity contribution in [2.75, 3.05) is 39.5 Å². The van der Waals surface area contributed by atoms with Crippen LogP contribution in [0.4, 0.5) is 0 Å². The van der Waals surface area contributed by atoms with Gasteiger partial charge in [0.2, 0.25) is 20.0 Å². The van der Waals surface area contributed by atoms with E-state index < -0.39 is 38.1 Å². The smallest absolute Gasteiger partial charge is 0.309 e. The van der Waals surface area contributed by atoms with Gasteiger partial charge in [-0.05, 0) is 36.2 Å². The molecule has 0 radical (unpaired) electrons. The molecule has 2 amide bonds. The first-order valence-corrected chi connectivity index (χ1v) is 14.3. The molecule has 2 aromatic carbocycles. The Hall–Kier alpha value is -3.24. The van der Waals surface area contributed by atoms with Crippen LogP contribution in [0.25, 0.3) is 0 Å². The molecule has 2 aliphatic heterocycles. The minimum Gasteiger partial charge on any atom is -0.486 e. The predicted molar refractivity (Wildman–Crippen MR) is 129 cm³/mol. The van der Waals surface area contributed by atoms with E-state index in [9.17, 15) is 26.4 Å². The number of ether oxygens (including phenoxy) is 3. The molecule has 0 saturated carbocycles. The molecule has 0 spiro atoms. The monoisotopic (exact) mass is 554 g/mol. The number of benzene rings is 2. The van der Waals surface area contributed by atoms with E-state index in [-0.39, 0.29) is 36.0 Å². The van der Waals surface area contributed by atoms with Crippen LogP contribution in [-0.4, -0.2) is 78.6 Å². The zero-order valence-corrected chi connectivity index (χ0v) is 21.2. The molecule has 200 valence electrons. The molecule has 1 unspecified atom stereocenters. The lowest BCUT2D eigenvalue weighted by Gasteiger charge is -2.24. The lowest BCUT2D eigenvalue weighted by Crippen LogP contribution is -2.47. The molecule has 2 heterocycles. The van der Waals surface area contributed by atoms with Gasteiger partial charge in [-0.2, -0.15) is 4.31 Å². The number of nitrogens with zero attached hydrogens (tertiary/aromatic N) is 1. The standard InChI is InChI=1S/C22H26N4O9S2/c23-36(29,30)16-3-1-15(2-4-16)7-8-24-21(27)22(28)25-14-20-26(9-10-35-20)37(31,32)17-5-6-18-19(13-17)34-12-11-33-18/h1-6,13,20H,7-12,14H2,(H,24,27)(H,25,28)(H2,23,29,30). The average Bonchev–Trinajstić information content (AvgIpc) is 3.36. The number of fused-ring (bicyclic) bond motifs is 1. The van der Waals surface area contributed by atoms with E-state index in [1.807, 2.05) is 0 Å². The van der Waals surface area contributed by atoms with Gasteiger partial charge in [0.25, 0.3) is 0 Å². The fraction of sp³-hybridized carbons (Fsp3) is 0.364. The number of carbonyl (C=O) groups excluding carboxylic acids is 2. The molecular formula is C22H26N4O9S2. The Bertz CT molecular complexity index is 1380. The van der Waals surface area contributed by atoms with Crippen molar-refractivity contribution in [3.05, 3.63) is 48.0 Å². The van der Waals surface area contributed by atoms with Crippen molar-refractivity contribution >= 4 is 31.9 Å². The first-order valence-electron chi connectivity index (χ1n) is 11.3. The average molecular weight is 555 g/mol. The van der Waals surface area contributed by atoms with Crippen LogP contribution in [0.2, 0.25) is 0 Å². The number of sulfonamides is 2. The summed E-state index contributed by atoms with van der Waals surface area (Å²) in [4.78, 5) is 24.3. The third kappa shape index (κ3) is 6.37. The summed E-state index contributed by atoms with van der Waals surface area (Å²) in [7, 11) is -7.77. The number of nitrogens with one attached hydrogen (secondary N) is 2. The van der Waals surface area contributed by atoms with Crippen LogP contribution >= 0.6 is 0 Å². The summed E-state index contributed by atoms with van der Waals surface area (Å²) in [5, 5.41) is 9.90. The molecule has 1 fully saturated rings. The Balaban J connectivity index is 1.28. The molecular weight excluding hydrogens is 528 g/mol. The summed E-state index contributed by atoms with van der Waals surface area (Å²) < 4.78 is 66.4. The van der Waals surface area contributed by atoms with Crippen LogP contribution < -0.4 is 25.2 Å². The van der Waals surface area contributed by atoms with E-state index >= 15 is 0 Å². The predicted octanol–water partition coefficient (Wildman–Crippen LogP) is -1.07. The maximum Gasteiger partial charge on any atom is 0.309 e. The van der Waals surface area contributed by atoms with Crippen molar-refractivity contribution in [1.29, 1.82) is 0 Å². The first kappa shape index (κ1) is 26.8. The van der Waals surface area contributed by atoms with Crippen molar-refractivity contribution < 1.29 is 40.6 Å². The van der Waals surface area contributed by atoms with Crippen LogP contribution in [0.1, 0.15) is 5.56 Å². The Labute approximate surface area is 214 Å². The maximum atomic E-state index is 13.2. The summed E-state index contributed by atoms with van der Waals surface area (Å²) in [6.45, 7) is 0.777. The third-order valence-corrected chi connectivity index (χ3v) is 8.47. The van der Waals surface area contributed by atoms with Crippen molar-refractivity contribution in [3.8, 4) is 11.5 Å². The highest BCUT2D eigenvalue weighted by Gasteiger charge is 2.37. The highest BCUT2D eigenvalue weighted by atomic mass is 32.2. The number of carbonyl (C=O) groups is 2. The van der Waals surface area contributed by atoms with Gasteiger partial charge >= 0.3 is 11.8 Å². The fourth-order valence-corrected chi connectivity index (χ4v) is 5.81. The Morgan fingerprint density at radius 1 is 0.892 bits per heavy atom. The maximum absolute atomic E-state index is 13.2. The molecule has 13 nitrogen and oxygen atoms in total. The largest absolute Gasteiger partial charge is 0.486 e. The second-order valence-electron chi connectivity index (χ2n) is 8.15. The molecule has 1 atom stereocenters. The number of rotatable bonds is 8. The zero-order valence-electron chi connectivity index (χ0n) is 19.6. The summed E-state index contributed by atoms with van der Waals surface area (Å²) >= 11 is 0. The van der Waals surface area contributed by atoms with E-state index in [1.54, 1.807) is 12.1 Å². The molecule has 0 aliphatic carbocycles. The molecule has 37 heavy (non-hydrogen) atoms. The van der Waals surface area contributed by atoms with Crippen LogP contribution in [-0.2, 0) is 40.8 Å². The van der Waals surface area contributed by atoms with E-state index in [4.69, 9.17) is 19.3 Å². The number of hydrogen-bond donors (Lipinski definition) is 3. The molecule has 0 aromatic heterocycles. The van der Waals surface area contributed by atoms with Crippen molar-refractivity contribution in [1.82, 2.24) is 14.9 Å². The van der Waals surface area contributed by atoms with Gasteiger partial charge in [-0.15, -0.1) is 0 Å². The van der Waals surface area contributed by atoms with Crippen molar-refractivity contribution in [2.45, 2.75) is 22.4 Å². The number of nitrogens with two attached hydrogens (primary N) is 1. The molecule has 4 N–H and O–H groups in total. The molecule has 2 aromatic rings. The topological polar surface area (TPSA) is 183 Å². The SMILES string of the molecule is NS(=O)(=O)c1ccc(CCNC(=O)C(=O)NCC2OCCN2S(=O)(=O)c2ccc3c(c2)OCCO3)cc1. The summed E-state index contributed by atoms with van der Waals surface area (Å²) in [6.07, 6.45) is -0.649. The minimum atomic E-state index is -3.97.